The number of rotatable bonds is 11. The van der Waals surface area contributed by atoms with Crippen LogP contribution in [0.4, 0.5) is 0 Å². The molecule has 0 saturated heterocycles. The molecule has 0 aliphatic heterocycles. The molecule has 0 fully saturated rings. The zero-order valence-corrected chi connectivity index (χ0v) is 16.8. The van der Waals surface area contributed by atoms with Gasteiger partial charge in [0.15, 0.2) is 0 Å². The van der Waals surface area contributed by atoms with E-state index in [9.17, 15) is 0 Å². The first kappa shape index (κ1) is 21.2. The predicted octanol–water partition coefficient (Wildman–Crippen LogP) is 3.88. The highest BCUT2D eigenvalue weighted by Gasteiger charge is 2.07. The molecule has 0 unspecified atom stereocenters. The molecule has 0 spiro atoms. The fourth-order valence-electron chi connectivity index (χ4n) is 2.45. The molecule has 0 radical (unpaired) electrons. The number of hydrogen-bond donors (Lipinski definition) is 0. The number of nitrogens with zero attached hydrogens (tertiary/aromatic N) is 3. The lowest BCUT2D eigenvalue weighted by molar-refractivity contribution is 0.215. The highest BCUT2D eigenvalue weighted by atomic mass is 16.6. The van der Waals surface area contributed by atoms with Gasteiger partial charge in [0.2, 0.25) is 5.88 Å². The van der Waals surface area contributed by atoms with Crippen LogP contribution in [0.1, 0.15) is 30.2 Å². The number of allylic oxidation sites excluding steroid dienone is 1. The lowest BCUT2D eigenvalue weighted by Crippen LogP contribution is -2.08. The van der Waals surface area contributed by atoms with Crippen molar-refractivity contribution in [2.75, 3.05) is 26.9 Å². The van der Waals surface area contributed by atoms with Crippen molar-refractivity contribution < 1.29 is 19.0 Å². The Kier molecular flexibility index (Phi) is 8.78. The molecule has 0 aliphatic rings. The standard InChI is InChI=1S/C21H27N3O4/c1-5-6-10-26-19-13-16(2)21(17(3)14-19)28-12-7-11-27-20-9-8-18(23-24-20)15-22-25-4/h5-6,8-9,13-15H,7,10-12H2,1-4H3/b6-5+,22-15+. The smallest absolute Gasteiger partial charge is 0.233 e. The Morgan fingerprint density at radius 3 is 2.39 bits per heavy atom. The van der Waals surface area contributed by atoms with Crippen LogP contribution in [-0.2, 0) is 4.84 Å². The van der Waals surface area contributed by atoms with Gasteiger partial charge in [0, 0.05) is 12.5 Å². The normalized spacial score (nSPS) is 11.1. The Morgan fingerprint density at radius 1 is 1.00 bits per heavy atom. The summed E-state index contributed by atoms with van der Waals surface area (Å²) < 4.78 is 17.2. The van der Waals surface area contributed by atoms with Gasteiger partial charge >= 0.3 is 0 Å². The largest absolute Gasteiger partial charge is 0.493 e. The van der Waals surface area contributed by atoms with E-state index in [0.29, 0.717) is 31.4 Å². The molecule has 150 valence electrons. The van der Waals surface area contributed by atoms with Gasteiger partial charge in [-0.25, -0.2) is 0 Å². The van der Waals surface area contributed by atoms with Gasteiger partial charge in [-0.1, -0.05) is 17.3 Å². The maximum Gasteiger partial charge on any atom is 0.233 e. The van der Waals surface area contributed by atoms with E-state index in [4.69, 9.17) is 14.2 Å². The van der Waals surface area contributed by atoms with Crippen LogP contribution in [0.5, 0.6) is 17.4 Å². The lowest BCUT2D eigenvalue weighted by atomic mass is 10.1. The molecule has 28 heavy (non-hydrogen) atoms. The maximum atomic E-state index is 5.93. The molecular formula is C21H27N3O4. The first-order chi connectivity index (χ1) is 13.6. The van der Waals surface area contributed by atoms with Crippen LogP contribution in [0, 0.1) is 13.8 Å². The van der Waals surface area contributed by atoms with Gasteiger partial charge < -0.3 is 19.0 Å². The summed E-state index contributed by atoms with van der Waals surface area (Å²) in [5, 5.41) is 11.6. The van der Waals surface area contributed by atoms with Crippen molar-refractivity contribution in [3.63, 3.8) is 0 Å². The molecule has 0 amide bonds. The molecule has 0 N–H and O–H groups in total. The van der Waals surface area contributed by atoms with Gasteiger partial charge in [0.1, 0.15) is 30.9 Å². The second-order valence-corrected chi connectivity index (χ2v) is 6.03. The number of hydrogen-bond acceptors (Lipinski definition) is 7. The highest BCUT2D eigenvalue weighted by molar-refractivity contribution is 5.75. The van der Waals surface area contributed by atoms with Crippen LogP contribution in [0.3, 0.4) is 0 Å². The van der Waals surface area contributed by atoms with E-state index in [0.717, 1.165) is 29.0 Å². The zero-order valence-electron chi connectivity index (χ0n) is 16.8. The minimum atomic E-state index is 0.463. The van der Waals surface area contributed by atoms with E-state index in [1.165, 1.54) is 13.3 Å². The topological polar surface area (TPSA) is 75.1 Å². The molecule has 7 nitrogen and oxygen atoms in total. The molecule has 7 heteroatoms. The Hall–Kier alpha value is -3.09. The first-order valence-electron chi connectivity index (χ1n) is 9.15. The van der Waals surface area contributed by atoms with Gasteiger partial charge in [-0.3, -0.25) is 0 Å². The highest BCUT2D eigenvalue weighted by Crippen LogP contribution is 2.28. The SMILES string of the molecule is C/C=C/COc1cc(C)c(OCCCOc2ccc(/C=N/OC)nn2)c(C)c1. The maximum absolute atomic E-state index is 5.93. The van der Waals surface area contributed by atoms with Gasteiger partial charge in [0.25, 0.3) is 0 Å². The Morgan fingerprint density at radius 2 is 1.75 bits per heavy atom. The molecule has 2 rings (SSSR count). The number of aromatic nitrogens is 2. The minimum absolute atomic E-state index is 0.463. The second kappa shape index (κ2) is 11.6. The van der Waals surface area contributed by atoms with Crippen molar-refractivity contribution in [2.45, 2.75) is 27.2 Å². The zero-order chi connectivity index (χ0) is 20.2. The van der Waals surface area contributed by atoms with Crippen molar-refractivity contribution in [1.82, 2.24) is 10.2 Å². The van der Waals surface area contributed by atoms with Gasteiger partial charge in [-0.2, -0.15) is 0 Å². The number of benzene rings is 1. The first-order valence-corrected chi connectivity index (χ1v) is 9.15. The van der Waals surface area contributed by atoms with E-state index >= 15 is 0 Å². The molecular weight excluding hydrogens is 358 g/mol. The molecule has 2 aromatic rings. The molecule has 1 aromatic carbocycles. The summed E-state index contributed by atoms with van der Waals surface area (Å²) in [6, 6.07) is 7.48. The second-order valence-electron chi connectivity index (χ2n) is 6.03. The third kappa shape index (κ3) is 6.90. The van der Waals surface area contributed by atoms with Crippen molar-refractivity contribution >= 4 is 6.21 Å². The van der Waals surface area contributed by atoms with E-state index in [1.807, 2.05) is 45.1 Å². The summed E-state index contributed by atoms with van der Waals surface area (Å²) in [5.74, 6) is 2.20. The van der Waals surface area contributed by atoms with E-state index in [-0.39, 0.29) is 0 Å². The molecule has 0 atom stereocenters. The van der Waals surface area contributed by atoms with Crippen molar-refractivity contribution in [2.24, 2.45) is 5.16 Å². The van der Waals surface area contributed by atoms with Crippen LogP contribution in [0.15, 0.2) is 41.6 Å². The molecule has 1 heterocycles. The van der Waals surface area contributed by atoms with E-state index < -0.39 is 0 Å². The third-order valence-corrected chi connectivity index (χ3v) is 3.75. The van der Waals surface area contributed by atoms with Crippen LogP contribution < -0.4 is 14.2 Å². The predicted molar refractivity (Wildman–Crippen MR) is 108 cm³/mol. The molecule has 1 aromatic heterocycles. The van der Waals surface area contributed by atoms with Gasteiger partial charge in [0.05, 0.1) is 19.4 Å². The summed E-state index contributed by atoms with van der Waals surface area (Å²) in [5.41, 5.74) is 2.70. The summed E-state index contributed by atoms with van der Waals surface area (Å²) in [6.07, 6.45) is 6.15. The Labute approximate surface area is 166 Å². The summed E-state index contributed by atoms with van der Waals surface area (Å²) in [7, 11) is 1.47. The van der Waals surface area contributed by atoms with Crippen molar-refractivity contribution in [3.8, 4) is 17.4 Å². The van der Waals surface area contributed by atoms with Gasteiger partial charge in [-0.15, -0.1) is 10.2 Å². The van der Waals surface area contributed by atoms with Crippen molar-refractivity contribution in [1.29, 1.82) is 0 Å². The monoisotopic (exact) mass is 385 g/mol. The average Bonchev–Trinajstić information content (AvgIpc) is 2.69. The fourth-order valence-corrected chi connectivity index (χ4v) is 2.45. The van der Waals surface area contributed by atoms with Crippen LogP contribution >= 0.6 is 0 Å². The van der Waals surface area contributed by atoms with Gasteiger partial charge in [-0.05, 0) is 50.1 Å². The van der Waals surface area contributed by atoms with Crippen LogP contribution in [0.2, 0.25) is 0 Å². The van der Waals surface area contributed by atoms with E-state index in [1.54, 1.807) is 12.1 Å². The summed E-state index contributed by atoms with van der Waals surface area (Å²) >= 11 is 0. The van der Waals surface area contributed by atoms with Crippen LogP contribution in [0.25, 0.3) is 0 Å². The fraction of sp³-hybridized carbons (Fsp3) is 0.381. The molecule has 0 bridgehead atoms. The molecule has 0 aliphatic carbocycles. The average molecular weight is 385 g/mol. The quantitative estimate of drug-likeness (QED) is 0.253. The third-order valence-electron chi connectivity index (χ3n) is 3.75. The summed E-state index contributed by atoms with van der Waals surface area (Å²) in [6.45, 7) is 7.61. The van der Waals surface area contributed by atoms with Crippen molar-refractivity contribution in [3.05, 3.63) is 53.2 Å². The Bertz CT molecular complexity index is 766. The van der Waals surface area contributed by atoms with Crippen LogP contribution in [-0.4, -0.2) is 43.3 Å². The van der Waals surface area contributed by atoms with E-state index in [2.05, 4.69) is 20.2 Å². The number of ether oxygens (including phenoxy) is 3. The Balaban J connectivity index is 1.76. The molecule has 0 saturated carbocycles. The lowest BCUT2D eigenvalue weighted by Gasteiger charge is -2.14. The summed E-state index contributed by atoms with van der Waals surface area (Å²) in [4.78, 5) is 4.60. The number of oxime groups is 1. The number of aryl methyl sites for hydroxylation is 2. The minimum Gasteiger partial charge on any atom is -0.493 e.